The van der Waals surface area contributed by atoms with Gasteiger partial charge in [0, 0.05) is 27.3 Å². The molecule has 24 heavy (non-hydrogen) atoms. The predicted molar refractivity (Wildman–Crippen MR) is 108 cm³/mol. The summed E-state index contributed by atoms with van der Waals surface area (Å²) in [6.45, 7) is 4.32. The van der Waals surface area contributed by atoms with Crippen molar-refractivity contribution in [1.82, 2.24) is 0 Å². The van der Waals surface area contributed by atoms with Crippen molar-refractivity contribution in [2.24, 2.45) is 5.73 Å². The van der Waals surface area contributed by atoms with Gasteiger partial charge >= 0.3 is 0 Å². The number of hydrogen-bond acceptors (Lipinski definition) is 4. The van der Waals surface area contributed by atoms with E-state index in [9.17, 15) is 5.11 Å². The van der Waals surface area contributed by atoms with Crippen LogP contribution >= 0.6 is 36.6 Å². The van der Waals surface area contributed by atoms with Gasteiger partial charge in [0.25, 0.3) is 0 Å². The molecule has 2 aromatic rings. The highest BCUT2D eigenvalue weighted by molar-refractivity contribution is 8.00. The Morgan fingerprint density at radius 2 is 1.71 bits per heavy atom. The lowest BCUT2D eigenvalue weighted by Crippen LogP contribution is -2.52. The normalized spacial score (nSPS) is 21.1. The molecule has 0 heterocycles. The van der Waals surface area contributed by atoms with Crippen LogP contribution in [0.1, 0.15) is 25.0 Å². The van der Waals surface area contributed by atoms with E-state index in [0.29, 0.717) is 11.0 Å². The molecule has 132 valence electrons. The van der Waals surface area contributed by atoms with Gasteiger partial charge in [-0.3, -0.25) is 0 Å². The maximum absolute atomic E-state index is 9.78. The minimum Gasteiger partial charge on any atom is -0.508 e. The largest absolute Gasteiger partial charge is 0.508 e. The Hall–Kier alpha value is -1.07. The van der Waals surface area contributed by atoms with E-state index in [0.717, 1.165) is 17.7 Å². The first kappa shape index (κ1) is 21.0. The molecular formula is C18H24Cl2N2OS. The molecule has 0 fully saturated rings. The molecule has 0 unspecified atom stereocenters. The molecule has 0 bridgehead atoms. The number of anilines is 1. The molecule has 6 heteroatoms. The molecule has 2 aromatic carbocycles. The number of rotatable bonds is 2. The Labute approximate surface area is 160 Å². The summed E-state index contributed by atoms with van der Waals surface area (Å²) in [5, 5.41) is 10.1. The van der Waals surface area contributed by atoms with Gasteiger partial charge in [0.05, 0.1) is 0 Å². The second kappa shape index (κ2) is 7.87. The molecule has 3 nitrogen and oxygen atoms in total. The summed E-state index contributed by atoms with van der Waals surface area (Å²) in [5.41, 5.74) is 15.4. The summed E-state index contributed by atoms with van der Waals surface area (Å²) in [7, 11) is 0. The van der Waals surface area contributed by atoms with Crippen LogP contribution in [0.3, 0.4) is 0 Å². The van der Waals surface area contributed by atoms with Crippen LogP contribution in [0.2, 0.25) is 0 Å². The molecule has 0 amide bonds. The van der Waals surface area contributed by atoms with Crippen LogP contribution in [-0.4, -0.2) is 16.4 Å². The van der Waals surface area contributed by atoms with Crippen LogP contribution in [0.25, 0.3) is 0 Å². The lowest BCUT2D eigenvalue weighted by Gasteiger charge is -2.43. The highest BCUT2D eigenvalue weighted by Crippen LogP contribution is 2.43. The van der Waals surface area contributed by atoms with Gasteiger partial charge in [0.1, 0.15) is 5.75 Å². The summed E-state index contributed by atoms with van der Waals surface area (Å²) < 4.78 is 0. The van der Waals surface area contributed by atoms with Crippen LogP contribution < -0.4 is 11.5 Å². The van der Waals surface area contributed by atoms with Gasteiger partial charge in [-0.15, -0.1) is 36.6 Å². The van der Waals surface area contributed by atoms with Crippen molar-refractivity contribution in [3.63, 3.8) is 0 Å². The van der Waals surface area contributed by atoms with E-state index < -0.39 is 0 Å². The first-order valence-corrected chi connectivity index (χ1v) is 8.36. The third-order valence-corrected chi connectivity index (χ3v) is 5.92. The van der Waals surface area contributed by atoms with E-state index in [1.807, 2.05) is 48.2 Å². The minimum absolute atomic E-state index is 0. The van der Waals surface area contributed by atoms with Gasteiger partial charge in [0.2, 0.25) is 0 Å². The Bertz CT molecular complexity index is 692. The van der Waals surface area contributed by atoms with Crippen LogP contribution in [0.4, 0.5) is 5.69 Å². The molecule has 5 N–H and O–H groups in total. The Kier molecular flexibility index (Phi) is 6.88. The van der Waals surface area contributed by atoms with E-state index in [-0.39, 0.29) is 36.3 Å². The number of nitrogens with two attached hydrogens (primary N) is 2. The number of halogens is 2. The van der Waals surface area contributed by atoms with E-state index in [2.05, 4.69) is 13.8 Å². The fraction of sp³-hybridized carbons (Fsp3) is 0.333. The Balaban J connectivity index is 0.00000144. The molecule has 0 saturated carbocycles. The van der Waals surface area contributed by atoms with Crippen molar-refractivity contribution in [1.29, 1.82) is 0 Å². The summed E-state index contributed by atoms with van der Waals surface area (Å²) in [6, 6.07) is 13.6. The average Bonchev–Trinajstić information content (AvgIpc) is 2.48. The standard InChI is InChI=1S/C18H22N2OS.2ClH/c1-18(2)15-10-13(21)6-3-11(15)9-16(17(18)20)22-14-7-4-12(19)5-8-14;;/h3-8,10,16-17,21H,9,19-20H2,1-2H3;2*1H/t16-,17+;;/m1../s1. The Morgan fingerprint density at radius 3 is 2.33 bits per heavy atom. The minimum atomic E-state index is -0.169. The first-order chi connectivity index (χ1) is 10.4. The smallest absolute Gasteiger partial charge is 0.115 e. The highest BCUT2D eigenvalue weighted by Gasteiger charge is 2.40. The highest BCUT2D eigenvalue weighted by atomic mass is 35.5. The van der Waals surface area contributed by atoms with Crippen molar-refractivity contribution >= 4 is 42.3 Å². The number of phenols is 1. The molecule has 1 aliphatic rings. The third-order valence-electron chi connectivity index (χ3n) is 4.61. The van der Waals surface area contributed by atoms with Crippen LogP contribution in [0.5, 0.6) is 5.75 Å². The molecular weight excluding hydrogens is 363 g/mol. The summed E-state index contributed by atoms with van der Waals surface area (Å²) in [6.07, 6.45) is 0.912. The molecule has 0 radical (unpaired) electrons. The van der Waals surface area contributed by atoms with E-state index in [1.54, 1.807) is 6.07 Å². The van der Waals surface area contributed by atoms with E-state index >= 15 is 0 Å². The van der Waals surface area contributed by atoms with Gasteiger partial charge in [-0.2, -0.15) is 0 Å². The molecule has 0 aromatic heterocycles. The number of fused-ring (bicyclic) bond motifs is 1. The number of nitrogen functional groups attached to an aromatic ring is 1. The van der Waals surface area contributed by atoms with Crippen molar-refractivity contribution in [2.45, 2.75) is 41.9 Å². The monoisotopic (exact) mass is 386 g/mol. The second-order valence-electron chi connectivity index (χ2n) is 6.52. The van der Waals surface area contributed by atoms with E-state index in [1.165, 1.54) is 10.5 Å². The van der Waals surface area contributed by atoms with Gasteiger partial charge in [-0.1, -0.05) is 19.9 Å². The number of hydrogen-bond donors (Lipinski definition) is 3. The van der Waals surface area contributed by atoms with Gasteiger partial charge in [0.15, 0.2) is 0 Å². The van der Waals surface area contributed by atoms with Gasteiger partial charge in [-0.25, -0.2) is 0 Å². The van der Waals surface area contributed by atoms with E-state index in [4.69, 9.17) is 11.5 Å². The topological polar surface area (TPSA) is 72.3 Å². The number of thioether (sulfide) groups is 1. The zero-order chi connectivity index (χ0) is 15.9. The quantitative estimate of drug-likeness (QED) is 0.678. The SMILES string of the molecule is CC1(C)c2cc(O)ccc2C[C@@H](Sc2ccc(N)cc2)[C@@H]1N.Cl.Cl. The summed E-state index contributed by atoms with van der Waals surface area (Å²) >= 11 is 1.81. The zero-order valence-electron chi connectivity index (χ0n) is 13.7. The molecule has 0 saturated heterocycles. The average molecular weight is 387 g/mol. The number of benzene rings is 2. The van der Waals surface area contributed by atoms with Crippen molar-refractivity contribution in [2.75, 3.05) is 5.73 Å². The first-order valence-electron chi connectivity index (χ1n) is 7.48. The molecule has 0 spiro atoms. The zero-order valence-corrected chi connectivity index (χ0v) is 16.2. The van der Waals surface area contributed by atoms with Gasteiger partial charge in [-0.05, 0) is 53.9 Å². The van der Waals surface area contributed by atoms with Crippen molar-refractivity contribution in [3.8, 4) is 5.75 Å². The molecule has 1 aliphatic carbocycles. The van der Waals surface area contributed by atoms with Gasteiger partial charge < -0.3 is 16.6 Å². The second-order valence-corrected chi connectivity index (χ2v) is 7.83. The van der Waals surface area contributed by atoms with Crippen LogP contribution in [-0.2, 0) is 11.8 Å². The molecule has 3 rings (SSSR count). The number of phenolic OH excluding ortho intramolecular Hbond substituents is 1. The fourth-order valence-electron chi connectivity index (χ4n) is 3.17. The fourth-order valence-corrected chi connectivity index (χ4v) is 4.56. The maximum Gasteiger partial charge on any atom is 0.115 e. The summed E-state index contributed by atoms with van der Waals surface area (Å²) in [5.74, 6) is 0.309. The maximum atomic E-state index is 9.78. The lowest BCUT2D eigenvalue weighted by molar-refractivity contribution is 0.369. The Morgan fingerprint density at radius 1 is 1.08 bits per heavy atom. The third kappa shape index (κ3) is 3.94. The molecule has 0 aliphatic heterocycles. The predicted octanol–water partition coefficient (Wildman–Crippen LogP) is 4.14. The van der Waals surface area contributed by atoms with Crippen molar-refractivity contribution < 1.29 is 5.11 Å². The molecule has 2 atom stereocenters. The lowest BCUT2D eigenvalue weighted by atomic mass is 9.69. The van der Waals surface area contributed by atoms with Crippen molar-refractivity contribution in [3.05, 3.63) is 53.6 Å². The van der Waals surface area contributed by atoms with Crippen LogP contribution in [0, 0.1) is 0 Å². The van der Waals surface area contributed by atoms with Crippen LogP contribution in [0.15, 0.2) is 47.4 Å². The summed E-state index contributed by atoms with van der Waals surface area (Å²) in [4.78, 5) is 1.19. The number of aromatic hydroxyl groups is 1.